The second-order valence-corrected chi connectivity index (χ2v) is 20.1. The number of aromatic nitrogens is 4. The summed E-state index contributed by atoms with van der Waals surface area (Å²) in [5, 5.41) is 6.95. The molecule has 1 saturated carbocycles. The van der Waals surface area contributed by atoms with Crippen molar-refractivity contribution in [2.45, 2.75) is 103 Å². The minimum Gasteiger partial charge on any atom is -0.370 e. The van der Waals surface area contributed by atoms with Crippen molar-refractivity contribution < 1.29 is 19.2 Å². The molecule has 1 atom stereocenters. The Kier molecular flexibility index (Phi) is 15.8. The number of anilines is 4. The van der Waals surface area contributed by atoms with Crippen LogP contribution in [0, 0.1) is 18.8 Å². The van der Waals surface area contributed by atoms with Crippen molar-refractivity contribution in [1.82, 2.24) is 39.5 Å². The summed E-state index contributed by atoms with van der Waals surface area (Å²) in [6, 6.07) is 7.24. The lowest BCUT2D eigenvalue weighted by atomic mass is 9.82. The molecule has 5 fully saturated rings. The molecule has 69 heavy (non-hydrogen) atoms. The monoisotopic (exact) mass is 1000 g/mol. The van der Waals surface area contributed by atoms with Gasteiger partial charge >= 0.3 is 0 Å². The molecule has 3 amide bonds. The maximum atomic E-state index is 13.6. The van der Waals surface area contributed by atoms with Crippen LogP contribution in [0.15, 0.2) is 41.5 Å². The molecule has 16 nitrogen and oxygen atoms in total. The van der Waals surface area contributed by atoms with Crippen molar-refractivity contribution >= 4 is 94.1 Å². The van der Waals surface area contributed by atoms with E-state index in [2.05, 4.69) is 41.3 Å². The first-order chi connectivity index (χ1) is 32.5. The fraction of sp³-hybridized carbons (Fsp3) is 0.560. The van der Waals surface area contributed by atoms with Gasteiger partial charge in [0.25, 0.3) is 11.5 Å². The highest BCUT2D eigenvalue weighted by Crippen LogP contribution is 2.40. The molecule has 0 bridgehead atoms. The third kappa shape index (κ3) is 10.5. The second kappa shape index (κ2) is 21.6. The predicted octanol–water partition coefficient (Wildman–Crippen LogP) is 6.95. The van der Waals surface area contributed by atoms with Gasteiger partial charge in [-0.2, -0.15) is 4.98 Å². The molecule has 1 unspecified atom stereocenters. The quantitative estimate of drug-likeness (QED) is 0.111. The number of aryl methyl sites for hydroxylation is 1. The maximum absolute atomic E-state index is 13.6. The molecule has 8 heterocycles. The molecule has 0 spiro atoms. The molecule has 10 rings (SSSR count). The number of halogens is 3. The summed E-state index contributed by atoms with van der Waals surface area (Å²) in [7, 11) is 0. The molecule has 19 heteroatoms. The van der Waals surface area contributed by atoms with E-state index in [1.54, 1.807) is 22.6 Å². The van der Waals surface area contributed by atoms with Gasteiger partial charge in [0.1, 0.15) is 17.5 Å². The van der Waals surface area contributed by atoms with Gasteiger partial charge < -0.3 is 24.9 Å². The van der Waals surface area contributed by atoms with Gasteiger partial charge in [-0.15, -0.1) is 24.8 Å². The zero-order chi connectivity index (χ0) is 46.3. The van der Waals surface area contributed by atoms with Gasteiger partial charge in [0.05, 0.1) is 28.2 Å². The highest BCUT2D eigenvalue weighted by atomic mass is 35.5. The topological polar surface area (TPSA) is 169 Å². The van der Waals surface area contributed by atoms with E-state index in [4.69, 9.17) is 21.6 Å². The van der Waals surface area contributed by atoms with E-state index in [-0.39, 0.29) is 72.5 Å². The number of nitrogens with zero attached hydrogens (tertiary/aromatic N) is 9. The number of ketones is 1. The molecule has 5 aliphatic heterocycles. The molecule has 4 aromatic rings. The van der Waals surface area contributed by atoms with Crippen molar-refractivity contribution in [2.24, 2.45) is 11.8 Å². The van der Waals surface area contributed by atoms with Crippen LogP contribution in [0.1, 0.15) is 115 Å². The van der Waals surface area contributed by atoms with E-state index in [1.807, 2.05) is 24.4 Å². The Hall–Kier alpha value is -4.87. The fourth-order valence-corrected chi connectivity index (χ4v) is 12.1. The summed E-state index contributed by atoms with van der Waals surface area (Å²) in [5.74, 6) is 1.35. The summed E-state index contributed by atoms with van der Waals surface area (Å²) < 4.78 is 1.73. The van der Waals surface area contributed by atoms with Gasteiger partial charge in [-0.05, 0) is 120 Å². The van der Waals surface area contributed by atoms with Crippen molar-refractivity contribution in [2.75, 3.05) is 80.6 Å². The number of nitrogens with one attached hydrogen (secondary N) is 2. The van der Waals surface area contributed by atoms with E-state index in [0.29, 0.717) is 45.9 Å². The van der Waals surface area contributed by atoms with Crippen LogP contribution in [0.25, 0.3) is 11.0 Å². The van der Waals surface area contributed by atoms with E-state index in [9.17, 15) is 24.0 Å². The molecule has 3 aromatic heterocycles. The lowest BCUT2D eigenvalue weighted by molar-refractivity contribution is -0.136. The number of Topliss-reactive ketones (excluding diaryl/α,β-unsaturated/α-hetero) is 1. The third-order valence-corrected chi connectivity index (χ3v) is 16.1. The van der Waals surface area contributed by atoms with Crippen LogP contribution in [0.4, 0.5) is 23.1 Å². The number of carbonyl (C=O) groups excluding carboxylic acids is 4. The number of piperidine rings is 3. The normalized spacial score (nSPS) is 21.1. The van der Waals surface area contributed by atoms with Gasteiger partial charge in [-0.1, -0.05) is 24.4 Å². The lowest BCUT2D eigenvalue weighted by Gasteiger charge is -2.39. The Morgan fingerprint density at radius 3 is 2.13 bits per heavy atom. The first kappa shape index (κ1) is 50.5. The van der Waals surface area contributed by atoms with Crippen LogP contribution in [0.3, 0.4) is 0 Å². The summed E-state index contributed by atoms with van der Waals surface area (Å²) in [4.78, 5) is 89.3. The summed E-state index contributed by atoms with van der Waals surface area (Å²) >= 11 is 6.99. The Bertz CT molecular complexity index is 2620. The van der Waals surface area contributed by atoms with Crippen LogP contribution in [-0.2, 0) is 16.1 Å². The number of rotatable bonds is 12. The second-order valence-electron chi connectivity index (χ2n) is 19.7. The lowest BCUT2D eigenvalue weighted by Crippen LogP contribution is -2.52. The Labute approximate surface area is 420 Å². The summed E-state index contributed by atoms with van der Waals surface area (Å²) in [6.07, 6.45) is 14.1. The molecule has 0 radical (unpaired) electrons. The predicted molar refractivity (Wildman–Crippen MR) is 273 cm³/mol. The average molecular weight is 1010 g/mol. The van der Waals surface area contributed by atoms with Crippen LogP contribution >= 0.6 is 36.4 Å². The number of imide groups is 1. The van der Waals surface area contributed by atoms with Crippen LogP contribution in [0.2, 0.25) is 5.02 Å². The maximum Gasteiger partial charge on any atom is 0.263 e. The highest BCUT2D eigenvalue weighted by molar-refractivity contribution is 6.35. The van der Waals surface area contributed by atoms with E-state index < -0.39 is 11.9 Å². The number of benzene rings is 1. The zero-order valence-corrected chi connectivity index (χ0v) is 42.0. The average Bonchev–Trinajstić information content (AvgIpc) is 3.98. The van der Waals surface area contributed by atoms with Gasteiger partial charge in [0.2, 0.25) is 17.8 Å². The van der Waals surface area contributed by atoms with Gasteiger partial charge in [0, 0.05) is 94.1 Å². The van der Waals surface area contributed by atoms with Crippen LogP contribution in [0.5, 0.6) is 0 Å². The van der Waals surface area contributed by atoms with Gasteiger partial charge in [0.15, 0.2) is 5.78 Å². The molecule has 1 aromatic carbocycles. The standard InChI is InChI=1S/C50H62ClN11O5.2ClH/c1-31-38-29-53-50(56-46(38)62(35-5-3-4-6-35)49(67)44(31)32(2)63)54-42-11-7-36(28-52-42)59-25-23-58(24-26-59)22-21-57-17-13-33(14-18-57)27-34-15-19-60(20-16-34)40-9-8-37-39(45(40)51)30-61(48(37)66)41-10-12-43(64)55-47(41)65;;/h7-9,11,28-29,33-35,41H,3-6,10,12-27,30H2,1-2H3,(H,55,64,65)(H,52,53,54,56);2*1H. The summed E-state index contributed by atoms with van der Waals surface area (Å²) in [5.41, 5.74) is 4.55. The molecular weight excluding hydrogens is 941 g/mol. The molecule has 2 N–H and O–H groups in total. The number of hydrogen-bond acceptors (Lipinski definition) is 13. The van der Waals surface area contributed by atoms with Gasteiger partial charge in [-0.25, -0.2) is 9.97 Å². The minimum absolute atomic E-state index is 0. The largest absolute Gasteiger partial charge is 0.370 e. The first-order valence-corrected chi connectivity index (χ1v) is 24.9. The van der Waals surface area contributed by atoms with Crippen molar-refractivity contribution in [3.8, 4) is 0 Å². The zero-order valence-electron chi connectivity index (χ0n) is 39.6. The van der Waals surface area contributed by atoms with E-state index in [0.717, 1.165) is 119 Å². The number of pyridine rings is 2. The highest BCUT2D eigenvalue weighted by Gasteiger charge is 2.41. The first-order valence-electron chi connectivity index (χ1n) is 24.6. The summed E-state index contributed by atoms with van der Waals surface area (Å²) in [6.45, 7) is 13.9. The molecule has 4 saturated heterocycles. The van der Waals surface area contributed by atoms with Crippen molar-refractivity contribution in [3.05, 3.63) is 74.3 Å². The molecule has 1 aliphatic carbocycles. The number of fused-ring (bicyclic) bond motifs is 2. The smallest absolute Gasteiger partial charge is 0.263 e. The Balaban J connectivity index is 0.00000321. The third-order valence-electron chi connectivity index (χ3n) is 15.7. The van der Waals surface area contributed by atoms with Crippen molar-refractivity contribution in [3.63, 3.8) is 0 Å². The van der Waals surface area contributed by atoms with Crippen molar-refractivity contribution in [1.29, 1.82) is 0 Å². The van der Waals surface area contributed by atoms with Crippen LogP contribution < -0.4 is 26.0 Å². The number of amides is 3. The minimum atomic E-state index is -0.648. The molecule has 6 aliphatic rings. The Morgan fingerprint density at radius 2 is 1.48 bits per heavy atom. The molecular formula is C50H64Cl3N11O5. The number of carbonyl (C=O) groups is 4. The molecule has 370 valence electrons. The number of likely N-dealkylation sites (tertiary alicyclic amines) is 1. The number of hydrogen-bond donors (Lipinski definition) is 2. The number of piperazine rings is 1. The van der Waals surface area contributed by atoms with Gasteiger partial charge in [-0.3, -0.25) is 38.8 Å². The van der Waals surface area contributed by atoms with E-state index in [1.165, 1.54) is 39.3 Å². The van der Waals surface area contributed by atoms with E-state index >= 15 is 0 Å². The SMILES string of the molecule is CC(=O)c1c(C)c2cnc(Nc3ccc(N4CCN(CCN5CCC(CC6CCN(c7ccc8c(c7Cl)CN(C7CCC(=O)NC7=O)C8=O)CC6)CC5)CC4)cn3)nc2n(C2CCCC2)c1=O.Cl.Cl. The van der Waals surface area contributed by atoms with Crippen LogP contribution in [-0.4, -0.2) is 129 Å². The Morgan fingerprint density at radius 1 is 0.797 bits per heavy atom. The fourth-order valence-electron chi connectivity index (χ4n) is 11.7.